The van der Waals surface area contributed by atoms with Crippen LogP contribution in [0.25, 0.3) is 0 Å². The predicted molar refractivity (Wildman–Crippen MR) is 49.3 cm³/mol. The smallest absolute Gasteiger partial charge is 0.355 e. The Bertz CT molecular complexity index is 214. The van der Waals surface area contributed by atoms with Crippen LogP contribution in [0.2, 0.25) is 0 Å². The van der Waals surface area contributed by atoms with Crippen LogP contribution in [0, 0.1) is 5.92 Å². The molecule has 6 heteroatoms. The molecule has 1 fully saturated rings. The molecule has 0 bridgehead atoms. The van der Waals surface area contributed by atoms with Crippen LogP contribution in [0.5, 0.6) is 0 Å². The number of hydrogen-bond acceptors (Lipinski definition) is 2. The molecule has 15 heavy (non-hydrogen) atoms. The van der Waals surface area contributed by atoms with Crippen LogP contribution < -0.4 is 10.6 Å². The topological polar surface area (TPSA) is 41.1 Å². The first kappa shape index (κ1) is 12.3. The Kier molecular flexibility index (Phi) is 4.38. The summed E-state index contributed by atoms with van der Waals surface area (Å²) in [5.74, 6) is 0.355. The second kappa shape index (κ2) is 5.34. The maximum Gasteiger partial charge on any atom is 0.390 e. The van der Waals surface area contributed by atoms with Crippen molar-refractivity contribution in [3.63, 3.8) is 0 Å². The number of alkyl halides is 3. The molecule has 1 aliphatic carbocycles. The van der Waals surface area contributed by atoms with Crippen molar-refractivity contribution >= 4 is 5.91 Å². The molecule has 3 nitrogen and oxygen atoms in total. The third-order valence-corrected chi connectivity index (χ3v) is 2.16. The second-order valence-electron chi connectivity index (χ2n) is 3.79. The summed E-state index contributed by atoms with van der Waals surface area (Å²) in [6.07, 6.45) is -2.77. The van der Waals surface area contributed by atoms with Gasteiger partial charge in [0.15, 0.2) is 0 Å². The molecule has 88 valence electrons. The van der Waals surface area contributed by atoms with E-state index < -0.39 is 12.6 Å². The third-order valence-electron chi connectivity index (χ3n) is 2.16. The summed E-state index contributed by atoms with van der Waals surface area (Å²) in [6.45, 7) is 0.406. The van der Waals surface area contributed by atoms with Crippen molar-refractivity contribution in [1.82, 2.24) is 10.6 Å². The lowest BCUT2D eigenvalue weighted by molar-refractivity contribution is -0.134. The van der Waals surface area contributed by atoms with Crippen LogP contribution in [-0.2, 0) is 4.79 Å². The summed E-state index contributed by atoms with van der Waals surface area (Å²) in [5, 5.41) is 5.11. The molecule has 0 aromatic heterocycles. The van der Waals surface area contributed by atoms with Gasteiger partial charge in [-0.15, -0.1) is 0 Å². The van der Waals surface area contributed by atoms with Crippen LogP contribution in [-0.4, -0.2) is 31.7 Å². The minimum atomic E-state index is -4.16. The van der Waals surface area contributed by atoms with Crippen LogP contribution in [0.1, 0.15) is 19.3 Å². The maximum atomic E-state index is 11.7. The Morgan fingerprint density at radius 1 is 1.33 bits per heavy atom. The first-order valence-electron chi connectivity index (χ1n) is 5.01. The van der Waals surface area contributed by atoms with Gasteiger partial charge in [-0.2, -0.15) is 13.2 Å². The van der Waals surface area contributed by atoms with Gasteiger partial charge in [-0.1, -0.05) is 0 Å². The highest BCUT2D eigenvalue weighted by Gasteiger charge is 2.26. The lowest BCUT2D eigenvalue weighted by Crippen LogP contribution is -2.36. The van der Waals surface area contributed by atoms with Gasteiger partial charge >= 0.3 is 6.18 Å². The van der Waals surface area contributed by atoms with E-state index in [4.69, 9.17) is 0 Å². The van der Waals surface area contributed by atoms with Gasteiger partial charge in [0, 0.05) is 13.1 Å². The van der Waals surface area contributed by atoms with Crippen molar-refractivity contribution in [1.29, 1.82) is 0 Å². The molecule has 0 saturated heterocycles. The molecule has 1 saturated carbocycles. The highest BCUT2D eigenvalue weighted by atomic mass is 19.4. The van der Waals surface area contributed by atoms with Gasteiger partial charge in [-0.3, -0.25) is 4.79 Å². The number of halogens is 3. The molecule has 0 aromatic rings. The number of rotatable bonds is 6. The van der Waals surface area contributed by atoms with Crippen molar-refractivity contribution < 1.29 is 18.0 Å². The Balaban J connectivity index is 1.91. The minimum absolute atomic E-state index is 0.0389. The largest absolute Gasteiger partial charge is 0.390 e. The molecule has 0 aromatic carbocycles. The van der Waals surface area contributed by atoms with E-state index in [1.807, 2.05) is 0 Å². The van der Waals surface area contributed by atoms with Gasteiger partial charge in [0.2, 0.25) is 5.91 Å². The van der Waals surface area contributed by atoms with E-state index in [0.717, 1.165) is 12.8 Å². The van der Waals surface area contributed by atoms with Gasteiger partial charge < -0.3 is 10.6 Å². The van der Waals surface area contributed by atoms with Gasteiger partial charge in [0.25, 0.3) is 0 Å². The zero-order valence-electron chi connectivity index (χ0n) is 8.36. The summed E-state index contributed by atoms with van der Waals surface area (Å²) < 4.78 is 35.1. The fraction of sp³-hybridized carbons (Fsp3) is 0.889. The molecule has 0 heterocycles. The number of hydrogen-bond donors (Lipinski definition) is 2. The van der Waals surface area contributed by atoms with E-state index in [-0.39, 0.29) is 19.0 Å². The lowest BCUT2D eigenvalue weighted by atomic mass is 10.4. The summed E-state index contributed by atoms with van der Waals surface area (Å²) in [6, 6.07) is 0. The van der Waals surface area contributed by atoms with E-state index in [1.54, 1.807) is 0 Å². The standard InChI is InChI=1S/C9H15F3N2O/c10-9(11,12)3-4-13-6-8(15)14-5-7-1-2-7/h7,13H,1-6H2,(H,14,15). The normalized spacial score (nSPS) is 16.5. The maximum absolute atomic E-state index is 11.7. The zero-order chi connectivity index (χ0) is 11.3. The zero-order valence-corrected chi connectivity index (χ0v) is 8.36. The van der Waals surface area contributed by atoms with E-state index >= 15 is 0 Å². The Labute approximate surface area is 86.4 Å². The first-order valence-corrected chi connectivity index (χ1v) is 5.01. The molecule has 1 amide bonds. The van der Waals surface area contributed by atoms with Crippen molar-refractivity contribution in [2.24, 2.45) is 5.92 Å². The average molecular weight is 224 g/mol. The molecule has 0 aliphatic heterocycles. The highest BCUT2D eigenvalue weighted by Crippen LogP contribution is 2.27. The van der Waals surface area contributed by atoms with Gasteiger partial charge in [-0.25, -0.2) is 0 Å². The molecule has 2 N–H and O–H groups in total. The van der Waals surface area contributed by atoms with E-state index in [0.29, 0.717) is 12.5 Å². The molecular formula is C9H15F3N2O. The van der Waals surface area contributed by atoms with Crippen LogP contribution in [0.4, 0.5) is 13.2 Å². The number of carbonyl (C=O) groups excluding carboxylic acids is 1. The SMILES string of the molecule is O=C(CNCCC(F)(F)F)NCC1CC1. The van der Waals surface area contributed by atoms with E-state index in [1.165, 1.54) is 0 Å². The van der Waals surface area contributed by atoms with Crippen molar-refractivity contribution in [3.8, 4) is 0 Å². The summed E-state index contributed by atoms with van der Waals surface area (Å²) in [4.78, 5) is 11.0. The van der Waals surface area contributed by atoms with Gasteiger partial charge in [0.1, 0.15) is 0 Å². The summed E-state index contributed by atoms with van der Waals surface area (Å²) in [7, 11) is 0. The Morgan fingerprint density at radius 2 is 2.00 bits per heavy atom. The monoisotopic (exact) mass is 224 g/mol. The van der Waals surface area contributed by atoms with Crippen LogP contribution in [0.15, 0.2) is 0 Å². The Hall–Kier alpha value is -0.780. The summed E-state index contributed by atoms with van der Waals surface area (Å²) in [5.41, 5.74) is 0. The average Bonchev–Trinajstić information content (AvgIpc) is 2.91. The molecule has 1 rings (SSSR count). The fourth-order valence-electron chi connectivity index (χ4n) is 1.07. The number of amides is 1. The first-order chi connectivity index (χ1) is 6.97. The quantitative estimate of drug-likeness (QED) is 0.662. The molecule has 0 unspecified atom stereocenters. The highest BCUT2D eigenvalue weighted by molar-refractivity contribution is 5.77. The third kappa shape index (κ3) is 7.18. The molecule has 0 atom stereocenters. The van der Waals surface area contributed by atoms with Crippen molar-refractivity contribution in [3.05, 3.63) is 0 Å². The number of nitrogens with one attached hydrogen (secondary N) is 2. The molecule has 0 radical (unpaired) electrons. The van der Waals surface area contributed by atoms with E-state index in [9.17, 15) is 18.0 Å². The number of carbonyl (C=O) groups is 1. The Morgan fingerprint density at radius 3 is 2.53 bits per heavy atom. The molecule has 1 aliphatic rings. The van der Waals surface area contributed by atoms with Gasteiger partial charge in [-0.05, 0) is 18.8 Å². The fourth-order valence-corrected chi connectivity index (χ4v) is 1.07. The predicted octanol–water partition coefficient (Wildman–Crippen LogP) is 1.05. The molecular weight excluding hydrogens is 209 g/mol. The lowest BCUT2D eigenvalue weighted by Gasteiger charge is -2.07. The molecule has 0 spiro atoms. The van der Waals surface area contributed by atoms with Crippen molar-refractivity contribution in [2.75, 3.05) is 19.6 Å². The van der Waals surface area contributed by atoms with Crippen molar-refractivity contribution in [2.45, 2.75) is 25.4 Å². The van der Waals surface area contributed by atoms with Gasteiger partial charge in [0.05, 0.1) is 13.0 Å². The van der Waals surface area contributed by atoms with E-state index in [2.05, 4.69) is 10.6 Å². The summed E-state index contributed by atoms with van der Waals surface area (Å²) >= 11 is 0. The van der Waals surface area contributed by atoms with Crippen LogP contribution in [0.3, 0.4) is 0 Å². The minimum Gasteiger partial charge on any atom is -0.355 e. The van der Waals surface area contributed by atoms with Crippen LogP contribution >= 0.6 is 0 Å². The second-order valence-corrected chi connectivity index (χ2v) is 3.79.